The molecule has 0 saturated heterocycles. The zero-order valence-electron chi connectivity index (χ0n) is 15.7. The largest absolute Gasteiger partial charge is 0.466 e. The molecule has 2 aromatic rings. The normalized spacial score (nSPS) is 10.7. The molecule has 10 heteroatoms. The molecule has 2 N–H and O–H groups in total. The number of carbonyl (C=O) groups is 1. The van der Waals surface area contributed by atoms with Gasteiger partial charge in [0, 0.05) is 18.3 Å². The van der Waals surface area contributed by atoms with Crippen molar-refractivity contribution in [1.29, 1.82) is 0 Å². The highest BCUT2D eigenvalue weighted by molar-refractivity contribution is 6.37. The lowest BCUT2D eigenvalue weighted by Crippen LogP contribution is -2.13. The van der Waals surface area contributed by atoms with Crippen molar-refractivity contribution in [3.8, 4) is 11.6 Å². The summed E-state index contributed by atoms with van der Waals surface area (Å²) in [5.74, 6) is -1.28. The summed E-state index contributed by atoms with van der Waals surface area (Å²) in [6, 6.07) is 3.09. The lowest BCUT2D eigenvalue weighted by Gasteiger charge is -2.14. The van der Waals surface area contributed by atoms with Crippen LogP contribution < -0.4 is 15.4 Å². The molecule has 0 aliphatic carbocycles. The Kier molecular flexibility index (Phi) is 8.07. The first-order valence-corrected chi connectivity index (χ1v) is 9.40. The van der Waals surface area contributed by atoms with E-state index in [1.807, 2.05) is 13.8 Å². The SMILES string of the molecule is CCOC(=O)CCNc1cc(Cl)c(Oc2ncnc(NC(C)C)c2F)c(Cl)c1. The van der Waals surface area contributed by atoms with Gasteiger partial charge >= 0.3 is 5.97 Å². The zero-order chi connectivity index (χ0) is 20.7. The molecule has 1 heterocycles. The van der Waals surface area contributed by atoms with E-state index in [0.717, 1.165) is 0 Å². The van der Waals surface area contributed by atoms with E-state index < -0.39 is 5.82 Å². The van der Waals surface area contributed by atoms with Crippen LogP contribution in [-0.2, 0) is 9.53 Å². The maximum Gasteiger partial charge on any atom is 0.307 e. The number of nitrogens with zero attached hydrogens (tertiary/aromatic N) is 2. The zero-order valence-corrected chi connectivity index (χ0v) is 17.2. The number of carbonyl (C=O) groups excluding carboxylic acids is 1. The van der Waals surface area contributed by atoms with Crippen molar-refractivity contribution in [2.45, 2.75) is 33.2 Å². The number of halogens is 3. The number of anilines is 2. The first kappa shape index (κ1) is 22.0. The van der Waals surface area contributed by atoms with Gasteiger partial charge in [-0.3, -0.25) is 4.79 Å². The van der Waals surface area contributed by atoms with Gasteiger partial charge in [0.2, 0.25) is 5.82 Å². The summed E-state index contributed by atoms with van der Waals surface area (Å²) in [6.45, 7) is 6.12. The highest BCUT2D eigenvalue weighted by Crippen LogP contribution is 2.39. The predicted molar refractivity (Wildman–Crippen MR) is 107 cm³/mol. The average molecular weight is 431 g/mol. The van der Waals surface area contributed by atoms with Gasteiger partial charge in [0.25, 0.3) is 5.88 Å². The summed E-state index contributed by atoms with van der Waals surface area (Å²) in [5, 5.41) is 6.18. The van der Waals surface area contributed by atoms with Crippen LogP contribution in [0.15, 0.2) is 18.5 Å². The Morgan fingerprint density at radius 3 is 2.54 bits per heavy atom. The Balaban J connectivity index is 2.12. The number of hydrogen-bond acceptors (Lipinski definition) is 7. The standard InChI is InChI=1S/C18H21Cl2FN4O3/c1-4-27-14(26)5-6-22-11-7-12(19)16(13(20)8-11)28-18-15(21)17(23-9-24-18)25-10(2)3/h7-10,22H,4-6H2,1-3H3,(H,23,24,25). The number of nitrogens with one attached hydrogen (secondary N) is 2. The van der Waals surface area contributed by atoms with Gasteiger partial charge in [-0.1, -0.05) is 23.2 Å². The lowest BCUT2D eigenvalue weighted by atomic mass is 10.3. The van der Waals surface area contributed by atoms with Crippen LogP contribution >= 0.6 is 23.2 Å². The van der Waals surface area contributed by atoms with Gasteiger partial charge in [0.1, 0.15) is 6.33 Å². The molecule has 0 aliphatic heterocycles. The molecular formula is C18H21Cl2FN4O3. The van der Waals surface area contributed by atoms with E-state index in [0.29, 0.717) is 18.8 Å². The minimum atomic E-state index is -0.750. The van der Waals surface area contributed by atoms with Crippen LogP contribution in [0.5, 0.6) is 11.6 Å². The molecular weight excluding hydrogens is 410 g/mol. The number of benzene rings is 1. The molecule has 0 saturated carbocycles. The molecule has 1 aromatic carbocycles. The van der Waals surface area contributed by atoms with Crippen molar-refractivity contribution in [2.75, 3.05) is 23.8 Å². The predicted octanol–water partition coefficient (Wildman–Crippen LogP) is 4.90. The number of aromatic nitrogens is 2. The van der Waals surface area contributed by atoms with Crippen LogP contribution in [0.4, 0.5) is 15.9 Å². The molecule has 0 fully saturated rings. The minimum absolute atomic E-state index is 0.0181. The smallest absolute Gasteiger partial charge is 0.307 e. The maximum atomic E-state index is 14.5. The van der Waals surface area contributed by atoms with Gasteiger partial charge in [-0.15, -0.1) is 0 Å². The van der Waals surface area contributed by atoms with Crippen LogP contribution in [0.3, 0.4) is 0 Å². The monoisotopic (exact) mass is 430 g/mol. The fraction of sp³-hybridized carbons (Fsp3) is 0.389. The summed E-state index contributed by atoms with van der Waals surface area (Å²) < 4.78 is 24.9. The third kappa shape index (κ3) is 6.10. The van der Waals surface area contributed by atoms with E-state index in [2.05, 4.69) is 20.6 Å². The Morgan fingerprint density at radius 1 is 1.25 bits per heavy atom. The number of rotatable bonds is 9. The third-order valence-corrected chi connectivity index (χ3v) is 3.90. The van der Waals surface area contributed by atoms with E-state index in [9.17, 15) is 9.18 Å². The van der Waals surface area contributed by atoms with Crippen molar-refractivity contribution in [1.82, 2.24) is 9.97 Å². The second-order valence-corrected chi connectivity index (χ2v) is 6.81. The average Bonchev–Trinajstić information content (AvgIpc) is 2.61. The molecule has 7 nitrogen and oxygen atoms in total. The minimum Gasteiger partial charge on any atom is -0.466 e. The van der Waals surface area contributed by atoms with E-state index in [1.165, 1.54) is 6.33 Å². The Bertz CT molecular complexity index is 813. The fourth-order valence-electron chi connectivity index (χ4n) is 2.20. The van der Waals surface area contributed by atoms with Gasteiger partial charge < -0.3 is 20.1 Å². The van der Waals surface area contributed by atoms with Gasteiger partial charge in [0.15, 0.2) is 11.6 Å². The Hall–Kier alpha value is -2.32. The summed E-state index contributed by atoms with van der Waals surface area (Å²) in [7, 11) is 0. The highest BCUT2D eigenvalue weighted by Gasteiger charge is 2.18. The first-order valence-electron chi connectivity index (χ1n) is 8.65. The van der Waals surface area contributed by atoms with Gasteiger partial charge in [-0.25, -0.2) is 4.98 Å². The second kappa shape index (κ2) is 10.3. The second-order valence-electron chi connectivity index (χ2n) is 5.99. The van der Waals surface area contributed by atoms with Crippen molar-refractivity contribution < 1.29 is 18.7 Å². The quantitative estimate of drug-likeness (QED) is 0.547. The van der Waals surface area contributed by atoms with Gasteiger partial charge in [-0.2, -0.15) is 9.37 Å². The summed E-state index contributed by atoms with van der Waals surface area (Å²) >= 11 is 12.5. The van der Waals surface area contributed by atoms with Crippen molar-refractivity contribution in [2.24, 2.45) is 0 Å². The molecule has 0 amide bonds. The van der Waals surface area contributed by atoms with Crippen LogP contribution in [0, 0.1) is 5.82 Å². The topological polar surface area (TPSA) is 85.4 Å². The van der Waals surface area contributed by atoms with Crippen LogP contribution in [0.2, 0.25) is 10.0 Å². The fourth-order valence-corrected chi connectivity index (χ4v) is 2.76. The van der Waals surface area contributed by atoms with E-state index in [-0.39, 0.29) is 45.9 Å². The summed E-state index contributed by atoms with van der Waals surface area (Å²) in [6.07, 6.45) is 1.37. The summed E-state index contributed by atoms with van der Waals surface area (Å²) in [4.78, 5) is 19.0. The molecule has 28 heavy (non-hydrogen) atoms. The van der Waals surface area contributed by atoms with E-state index >= 15 is 0 Å². The number of ether oxygens (including phenoxy) is 2. The molecule has 0 spiro atoms. The Labute approximate surface area is 172 Å². The molecule has 1 aromatic heterocycles. The number of hydrogen-bond donors (Lipinski definition) is 2. The summed E-state index contributed by atoms with van der Waals surface area (Å²) in [5.41, 5.74) is 0.581. The van der Waals surface area contributed by atoms with Gasteiger partial charge in [0.05, 0.1) is 23.1 Å². The molecule has 0 atom stereocenters. The lowest BCUT2D eigenvalue weighted by molar-refractivity contribution is -0.142. The van der Waals surface area contributed by atoms with Crippen LogP contribution in [0.1, 0.15) is 27.2 Å². The molecule has 0 aliphatic rings. The van der Waals surface area contributed by atoms with Crippen molar-refractivity contribution in [3.63, 3.8) is 0 Å². The third-order valence-electron chi connectivity index (χ3n) is 3.34. The first-order chi connectivity index (χ1) is 13.3. The highest BCUT2D eigenvalue weighted by atomic mass is 35.5. The molecule has 2 rings (SSSR count). The molecule has 0 bridgehead atoms. The van der Waals surface area contributed by atoms with E-state index in [1.54, 1.807) is 19.1 Å². The maximum absolute atomic E-state index is 14.5. The van der Waals surface area contributed by atoms with Crippen LogP contribution in [-0.4, -0.2) is 35.1 Å². The molecule has 152 valence electrons. The number of esters is 1. The van der Waals surface area contributed by atoms with E-state index in [4.69, 9.17) is 32.7 Å². The van der Waals surface area contributed by atoms with Gasteiger partial charge in [-0.05, 0) is 32.9 Å². The van der Waals surface area contributed by atoms with Crippen LogP contribution in [0.25, 0.3) is 0 Å². The molecule has 0 unspecified atom stereocenters. The van der Waals surface area contributed by atoms with Crippen molar-refractivity contribution >= 4 is 40.7 Å². The van der Waals surface area contributed by atoms with Crippen molar-refractivity contribution in [3.05, 3.63) is 34.3 Å². The Morgan fingerprint density at radius 2 is 1.93 bits per heavy atom. The molecule has 0 radical (unpaired) electrons.